The van der Waals surface area contributed by atoms with Crippen LogP contribution in [0.3, 0.4) is 0 Å². The zero-order valence-electron chi connectivity index (χ0n) is 14.2. The van der Waals surface area contributed by atoms with Crippen molar-refractivity contribution in [2.24, 2.45) is 0 Å². The smallest absolute Gasteiger partial charge is 0.272 e. The lowest BCUT2D eigenvalue weighted by Crippen LogP contribution is -2.15. The van der Waals surface area contributed by atoms with Crippen molar-refractivity contribution in [1.29, 1.82) is 0 Å². The Balaban J connectivity index is 2.23. The van der Waals surface area contributed by atoms with Crippen LogP contribution in [-0.2, 0) is 0 Å². The lowest BCUT2D eigenvalue weighted by Gasteiger charge is -2.15. The summed E-state index contributed by atoms with van der Waals surface area (Å²) in [5, 5.41) is 7.72. The molecule has 4 aromatic rings. The monoisotopic (exact) mass is 353 g/mol. The highest BCUT2D eigenvalue weighted by Crippen LogP contribution is 2.40. The molecular formula is C18H16FN5O2. The Morgan fingerprint density at radius 3 is 2.85 bits per heavy atom. The summed E-state index contributed by atoms with van der Waals surface area (Å²) in [4.78, 5) is 19.5. The van der Waals surface area contributed by atoms with Gasteiger partial charge in [0.05, 0.1) is 35.6 Å². The molecule has 0 spiro atoms. The first-order chi connectivity index (χ1) is 12.5. The second kappa shape index (κ2) is 5.83. The molecule has 4 rings (SSSR count). The van der Waals surface area contributed by atoms with Crippen molar-refractivity contribution in [3.8, 4) is 16.9 Å². The Morgan fingerprint density at radius 2 is 2.08 bits per heavy atom. The Kier molecular flexibility index (Phi) is 3.61. The summed E-state index contributed by atoms with van der Waals surface area (Å²) in [5.74, 6) is 0.0591. The number of hydrogen-bond donors (Lipinski definition) is 3. The molecule has 26 heavy (non-hydrogen) atoms. The van der Waals surface area contributed by atoms with Gasteiger partial charge in [0, 0.05) is 10.9 Å². The van der Waals surface area contributed by atoms with Crippen LogP contribution < -0.4 is 16.0 Å². The molecule has 0 atom stereocenters. The van der Waals surface area contributed by atoms with E-state index in [4.69, 9.17) is 10.5 Å². The van der Waals surface area contributed by atoms with Crippen molar-refractivity contribution < 1.29 is 9.13 Å². The fraction of sp³-hybridized carbons (Fsp3) is 0.167. The number of fused-ring (bicyclic) bond motifs is 2. The molecule has 8 heteroatoms. The van der Waals surface area contributed by atoms with Gasteiger partial charge in [0.25, 0.3) is 5.56 Å². The number of H-pyrrole nitrogens is 2. The van der Waals surface area contributed by atoms with Gasteiger partial charge < -0.3 is 15.5 Å². The molecule has 4 N–H and O–H groups in total. The minimum atomic E-state index is -0.438. The predicted octanol–water partition coefficient (Wildman–Crippen LogP) is 2.89. The first-order valence-corrected chi connectivity index (χ1v) is 8.08. The summed E-state index contributed by atoms with van der Waals surface area (Å²) >= 11 is 0. The lowest BCUT2D eigenvalue weighted by atomic mass is 9.96. The number of ether oxygens (including phenoxy) is 1. The molecule has 0 fully saturated rings. The second-order valence-electron chi connectivity index (χ2n) is 5.89. The average Bonchev–Trinajstić information content (AvgIpc) is 3.11. The van der Waals surface area contributed by atoms with E-state index in [9.17, 15) is 9.18 Å². The van der Waals surface area contributed by atoms with Crippen molar-refractivity contribution in [1.82, 2.24) is 20.2 Å². The average molecular weight is 353 g/mol. The van der Waals surface area contributed by atoms with E-state index in [2.05, 4.69) is 20.2 Å². The van der Waals surface area contributed by atoms with E-state index in [1.807, 2.05) is 6.92 Å². The molecule has 0 unspecified atom stereocenters. The van der Waals surface area contributed by atoms with Crippen LogP contribution in [0.4, 0.5) is 10.1 Å². The molecule has 7 nitrogen and oxygen atoms in total. The zero-order valence-corrected chi connectivity index (χ0v) is 14.2. The molecule has 0 saturated heterocycles. The third-order valence-corrected chi connectivity index (χ3v) is 4.37. The predicted molar refractivity (Wildman–Crippen MR) is 97.7 cm³/mol. The highest BCUT2D eigenvalue weighted by Gasteiger charge is 2.21. The number of nitrogens with zero attached hydrogens (tertiary/aromatic N) is 2. The Hall–Kier alpha value is -3.42. The number of pyridine rings is 2. The van der Waals surface area contributed by atoms with Crippen LogP contribution in [0, 0.1) is 12.7 Å². The SMILES string of the molecule is CCOc1cnc(C)c2[nH]c(=O)c(N)c(-c3ccc(F)c4[nH]ncc34)c12. The highest BCUT2D eigenvalue weighted by molar-refractivity contribution is 6.10. The summed E-state index contributed by atoms with van der Waals surface area (Å²) in [5.41, 5.74) is 8.22. The topological polar surface area (TPSA) is 110 Å². The lowest BCUT2D eigenvalue weighted by molar-refractivity contribution is 0.343. The molecule has 0 aliphatic carbocycles. The van der Waals surface area contributed by atoms with Gasteiger partial charge >= 0.3 is 0 Å². The number of aryl methyl sites for hydroxylation is 1. The van der Waals surface area contributed by atoms with Gasteiger partial charge in [0.1, 0.15) is 22.8 Å². The molecule has 0 amide bonds. The quantitative estimate of drug-likeness (QED) is 0.525. The van der Waals surface area contributed by atoms with Gasteiger partial charge in [-0.05, 0) is 25.5 Å². The number of anilines is 1. The van der Waals surface area contributed by atoms with E-state index in [0.29, 0.717) is 45.5 Å². The van der Waals surface area contributed by atoms with E-state index in [-0.39, 0.29) is 11.2 Å². The molecular weight excluding hydrogens is 337 g/mol. The molecule has 1 aromatic carbocycles. The number of hydrogen-bond acceptors (Lipinski definition) is 5. The maximum Gasteiger partial charge on any atom is 0.272 e. The van der Waals surface area contributed by atoms with Crippen LogP contribution in [0.1, 0.15) is 12.6 Å². The van der Waals surface area contributed by atoms with Gasteiger partial charge in [-0.2, -0.15) is 5.10 Å². The van der Waals surface area contributed by atoms with E-state index in [1.165, 1.54) is 12.3 Å². The van der Waals surface area contributed by atoms with Gasteiger partial charge in [-0.25, -0.2) is 4.39 Å². The van der Waals surface area contributed by atoms with Gasteiger partial charge in [-0.15, -0.1) is 0 Å². The van der Waals surface area contributed by atoms with Crippen LogP contribution in [0.5, 0.6) is 5.75 Å². The number of benzene rings is 1. The molecule has 0 aliphatic heterocycles. The summed E-state index contributed by atoms with van der Waals surface area (Å²) in [6.07, 6.45) is 3.10. The fourth-order valence-corrected chi connectivity index (χ4v) is 3.18. The van der Waals surface area contributed by atoms with Crippen LogP contribution in [0.25, 0.3) is 32.9 Å². The van der Waals surface area contributed by atoms with Crippen molar-refractivity contribution in [2.75, 3.05) is 12.3 Å². The summed E-state index contributed by atoms with van der Waals surface area (Å²) < 4.78 is 19.8. The number of nitrogen functional groups attached to an aromatic ring is 1. The minimum absolute atomic E-state index is 0.0261. The van der Waals surface area contributed by atoms with Crippen molar-refractivity contribution in [3.63, 3.8) is 0 Å². The molecule has 3 heterocycles. The van der Waals surface area contributed by atoms with Crippen molar-refractivity contribution in [3.05, 3.63) is 46.4 Å². The minimum Gasteiger partial charge on any atom is -0.492 e. The molecule has 3 aromatic heterocycles. The van der Waals surface area contributed by atoms with E-state index < -0.39 is 11.4 Å². The first-order valence-electron chi connectivity index (χ1n) is 8.08. The van der Waals surface area contributed by atoms with Gasteiger partial charge in [0.2, 0.25) is 0 Å². The third kappa shape index (κ3) is 2.22. The van der Waals surface area contributed by atoms with Crippen LogP contribution in [-0.4, -0.2) is 26.8 Å². The Morgan fingerprint density at radius 1 is 1.27 bits per heavy atom. The first kappa shape index (κ1) is 16.1. The number of aromatic nitrogens is 4. The Labute approximate surface area is 147 Å². The summed E-state index contributed by atoms with van der Waals surface area (Å²) in [6, 6.07) is 2.90. The number of halogens is 1. The van der Waals surface area contributed by atoms with Crippen molar-refractivity contribution in [2.45, 2.75) is 13.8 Å². The molecule has 132 valence electrons. The summed E-state index contributed by atoms with van der Waals surface area (Å²) in [7, 11) is 0. The molecule has 0 aliphatic rings. The van der Waals surface area contributed by atoms with Crippen LogP contribution in [0.2, 0.25) is 0 Å². The molecule has 0 bridgehead atoms. The third-order valence-electron chi connectivity index (χ3n) is 4.37. The second-order valence-corrected chi connectivity index (χ2v) is 5.89. The van der Waals surface area contributed by atoms with E-state index >= 15 is 0 Å². The zero-order chi connectivity index (χ0) is 18.4. The van der Waals surface area contributed by atoms with Crippen molar-refractivity contribution >= 4 is 27.5 Å². The maximum atomic E-state index is 14.1. The Bertz CT molecular complexity index is 1210. The maximum absolute atomic E-state index is 14.1. The normalized spacial score (nSPS) is 11.3. The fourth-order valence-electron chi connectivity index (χ4n) is 3.18. The number of nitrogens with one attached hydrogen (secondary N) is 2. The van der Waals surface area contributed by atoms with E-state index in [1.54, 1.807) is 19.2 Å². The van der Waals surface area contributed by atoms with Gasteiger partial charge in [-0.1, -0.05) is 6.07 Å². The summed E-state index contributed by atoms with van der Waals surface area (Å²) in [6.45, 7) is 4.06. The van der Waals surface area contributed by atoms with Gasteiger partial charge in [0.15, 0.2) is 0 Å². The number of rotatable bonds is 3. The van der Waals surface area contributed by atoms with E-state index in [0.717, 1.165) is 0 Å². The number of nitrogens with two attached hydrogens (primary N) is 1. The van der Waals surface area contributed by atoms with Crippen LogP contribution in [0.15, 0.2) is 29.3 Å². The molecule has 0 saturated carbocycles. The number of aromatic amines is 2. The molecule has 0 radical (unpaired) electrons. The highest BCUT2D eigenvalue weighted by atomic mass is 19.1. The van der Waals surface area contributed by atoms with Gasteiger partial charge in [-0.3, -0.25) is 14.9 Å². The van der Waals surface area contributed by atoms with Crippen LogP contribution >= 0.6 is 0 Å². The standard InChI is InChI=1S/C18H16FN5O2/c1-3-26-12-7-21-8(2)16-14(12)13(15(20)18(25)23-16)9-4-5-11(19)17-10(9)6-22-24-17/h4-7H,3,20H2,1-2H3,(H,22,24)(H,23,25). The largest absolute Gasteiger partial charge is 0.492 e.